The van der Waals surface area contributed by atoms with Gasteiger partial charge in [-0.3, -0.25) is 9.89 Å². The maximum absolute atomic E-state index is 13.7. The van der Waals surface area contributed by atoms with Gasteiger partial charge in [0.25, 0.3) is 0 Å². The fourth-order valence-electron chi connectivity index (χ4n) is 9.53. The van der Waals surface area contributed by atoms with Crippen LogP contribution in [-0.2, 0) is 4.74 Å². The van der Waals surface area contributed by atoms with Gasteiger partial charge in [-0.1, -0.05) is 33.1 Å². The molecule has 1 spiro atoms. The van der Waals surface area contributed by atoms with Crippen molar-refractivity contribution in [1.29, 1.82) is 0 Å². The van der Waals surface area contributed by atoms with Gasteiger partial charge in [-0.05, 0) is 89.3 Å². The highest BCUT2D eigenvalue weighted by Gasteiger charge is 2.67. The largest absolute Gasteiger partial charge is 0.391 e. The Balaban J connectivity index is 1.31. The zero-order chi connectivity index (χ0) is 24.6. The Labute approximate surface area is 209 Å². The van der Waals surface area contributed by atoms with E-state index in [1.807, 2.05) is 7.05 Å². The number of halogens is 3. The quantitative estimate of drug-likeness (QED) is 0.453. The number of hydrogen-bond acceptors (Lipinski definition) is 4. The monoisotopic (exact) mass is 495 g/mol. The number of hydrogen-bond donors (Lipinski definition) is 0. The molecule has 0 aromatic heterocycles. The lowest BCUT2D eigenvalue weighted by molar-refractivity contribution is -0.204. The number of likely N-dealkylation sites (tertiary alicyclic amines) is 2. The molecular formula is C28H44F3N3O. The molecule has 9 atom stereocenters. The Morgan fingerprint density at radius 2 is 1.60 bits per heavy atom. The number of aliphatic imine (C=N–C) groups is 1. The van der Waals surface area contributed by atoms with Crippen LogP contribution in [0.5, 0.6) is 0 Å². The van der Waals surface area contributed by atoms with Crippen molar-refractivity contribution in [2.24, 2.45) is 34.1 Å². The highest BCUT2D eigenvalue weighted by Crippen LogP contribution is 2.60. The van der Waals surface area contributed by atoms with E-state index in [0.717, 1.165) is 6.42 Å². The number of nitrogens with zero attached hydrogens (tertiary/aromatic N) is 3. The fraction of sp³-hybridized carbons (Fsp3) is 0.964. The van der Waals surface area contributed by atoms with Crippen LogP contribution in [0.3, 0.4) is 0 Å². The van der Waals surface area contributed by atoms with Crippen LogP contribution in [0.2, 0.25) is 0 Å². The third kappa shape index (κ3) is 3.76. The van der Waals surface area contributed by atoms with Crippen molar-refractivity contribution in [1.82, 2.24) is 9.80 Å². The molecule has 6 rings (SSSR count). The molecule has 0 aromatic rings. The SMILES string of the molecule is CN1C2CC(C(F)(F)F)CCC2C(C)(C)C12C=NC1C(CC(N3CCCCC3)C3CCCCC31)O2. The normalized spacial score (nSPS) is 48.4. The van der Waals surface area contributed by atoms with Crippen LogP contribution in [0, 0.1) is 29.1 Å². The Morgan fingerprint density at radius 1 is 0.886 bits per heavy atom. The predicted molar refractivity (Wildman–Crippen MR) is 131 cm³/mol. The molecule has 6 aliphatic rings. The lowest BCUT2D eigenvalue weighted by atomic mass is 9.63. The van der Waals surface area contributed by atoms with Crippen molar-refractivity contribution < 1.29 is 17.9 Å². The molecule has 9 unspecified atom stereocenters. The minimum absolute atomic E-state index is 0.0616. The van der Waals surface area contributed by atoms with Crippen molar-refractivity contribution in [3.8, 4) is 0 Å². The van der Waals surface area contributed by atoms with E-state index in [1.165, 1.54) is 58.0 Å². The molecule has 198 valence electrons. The van der Waals surface area contributed by atoms with E-state index in [4.69, 9.17) is 9.73 Å². The number of fused-ring (bicyclic) bond motifs is 4. The summed E-state index contributed by atoms with van der Waals surface area (Å²) in [6.45, 7) is 6.85. The van der Waals surface area contributed by atoms with Gasteiger partial charge in [0.05, 0.1) is 18.1 Å². The maximum atomic E-state index is 13.7. The first-order valence-corrected chi connectivity index (χ1v) is 14.4. The van der Waals surface area contributed by atoms with Gasteiger partial charge in [0.15, 0.2) is 5.72 Å². The zero-order valence-electron chi connectivity index (χ0n) is 21.8. The van der Waals surface area contributed by atoms with Crippen LogP contribution >= 0.6 is 0 Å². The summed E-state index contributed by atoms with van der Waals surface area (Å²) in [6.07, 6.45) is 9.16. The molecule has 3 heterocycles. The lowest BCUT2D eigenvalue weighted by Crippen LogP contribution is -2.65. The number of ether oxygens (including phenoxy) is 1. The van der Waals surface area contributed by atoms with Crippen molar-refractivity contribution in [2.75, 3.05) is 20.1 Å². The van der Waals surface area contributed by atoms with E-state index in [2.05, 4.69) is 29.9 Å². The molecule has 4 nitrogen and oxygen atoms in total. The lowest BCUT2D eigenvalue weighted by Gasteiger charge is -2.57. The second kappa shape index (κ2) is 8.69. The summed E-state index contributed by atoms with van der Waals surface area (Å²) in [7, 11) is 2.01. The summed E-state index contributed by atoms with van der Waals surface area (Å²) in [5, 5.41) is 0. The van der Waals surface area contributed by atoms with E-state index in [9.17, 15) is 13.2 Å². The van der Waals surface area contributed by atoms with Gasteiger partial charge in [0, 0.05) is 23.7 Å². The Bertz CT molecular complexity index is 825. The van der Waals surface area contributed by atoms with Gasteiger partial charge in [0.1, 0.15) is 0 Å². The van der Waals surface area contributed by atoms with E-state index in [0.29, 0.717) is 24.3 Å². The van der Waals surface area contributed by atoms with Gasteiger partial charge in [-0.2, -0.15) is 13.2 Å². The van der Waals surface area contributed by atoms with Gasteiger partial charge in [0.2, 0.25) is 0 Å². The molecule has 0 radical (unpaired) electrons. The van der Waals surface area contributed by atoms with Crippen molar-refractivity contribution in [2.45, 2.75) is 121 Å². The predicted octanol–water partition coefficient (Wildman–Crippen LogP) is 5.90. The third-order valence-electron chi connectivity index (χ3n) is 11.4. The summed E-state index contributed by atoms with van der Waals surface area (Å²) in [5.74, 6) is 0.279. The molecule has 3 saturated carbocycles. The average Bonchev–Trinajstić information content (AvgIpc) is 3.01. The second-order valence-electron chi connectivity index (χ2n) is 13.2. The van der Waals surface area contributed by atoms with Crippen LogP contribution in [0.1, 0.15) is 84.5 Å². The van der Waals surface area contributed by atoms with Crippen LogP contribution in [-0.4, -0.2) is 72.3 Å². The Morgan fingerprint density at radius 3 is 2.31 bits per heavy atom. The summed E-state index contributed by atoms with van der Waals surface area (Å²) in [4.78, 5) is 10.2. The number of piperidine rings is 1. The first kappa shape index (κ1) is 24.7. The van der Waals surface area contributed by atoms with Gasteiger partial charge in [-0.15, -0.1) is 0 Å². The fourth-order valence-corrected chi connectivity index (χ4v) is 9.53. The molecular weight excluding hydrogens is 451 g/mol. The summed E-state index contributed by atoms with van der Waals surface area (Å²) in [6, 6.07) is 0.665. The van der Waals surface area contributed by atoms with Crippen molar-refractivity contribution in [3.63, 3.8) is 0 Å². The molecule has 0 N–H and O–H groups in total. The van der Waals surface area contributed by atoms with Crippen molar-refractivity contribution >= 4 is 6.21 Å². The minimum Gasteiger partial charge on any atom is -0.349 e. The molecule has 0 aromatic carbocycles. The molecule has 3 aliphatic carbocycles. The van der Waals surface area contributed by atoms with E-state index in [-0.39, 0.29) is 42.4 Å². The van der Waals surface area contributed by atoms with E-state index in [1.54, 1.807) is 0 Å². The molecule has 3 aliphatic heterocycles. The first-order chi connectivity index (χ1) is 16.6. The first-order valence-electron chi connectivity index (χ1n) is 14.4. The smallest absolute Gasteiger partial charge is 0.349 e. The van der Waals surface area contributed by atoms with Crippen LogP contribution in [0.4, 0.5) is 13.2 Å². The minimum atomic E-state index is -4.11. The van der Waals surface area contributed by atoms with Gasteiger partial charge in [-0.25, -0.2) is 0 Å². The summed E-state index contributed by atoms with van der Waals surface area (Å²) >= 11 is 0. The zero-order valence-corrected chi connectivity index (χ0v) is 21.8. The molecule has 0 amide bonds. The molecule has 7 heteroatoms. The van der Waals surface area contributed by atoms with Crippen molar-refractivity contribution in [3.05, 3.63) is 0 Å². The Hall–Kier alpha value is -0.660. The standard InChI is InChI=1S/C28H44F3N3O/c1-26(2)21-12-11-18(28(29,30)31)15-23(21)33(3)27(26)17-32-25-20-10-6-5-9-19(20)22(16-24(25)35-27)34-13-7-4-8-14-34/h17-25H,4-16H2,1-3H3. The molecule has 35 heavy (non-hydrogen) atoms. The highest BCUT2D eigenvalue weighted by molar-refractivity contribution is 5.72. The average molecular weight is 496 g/mol. The third-order valence-corrected chi connectivity index (χ3v) is 11.4. The maximum Gasteiger partial charge on any atom is 0.391 e. The van der Waals surface area contributed by atoms with E-state index >= 15 is 0 Å². The second-order valence-corrected chi connectivity index (χ2v) is 13.2. The highest BCUT2D eigenvalue weighted by atomic mass is 19.4. The van der Waals surface area contributed by atoms with Gasteiger partial charge < -0.3 is 9.64 Å². The molecule has 2 saturated heterocycles. The summed E-state index contributed by atoms with van der Waals surface area (Å²) in [5.41, 5.74) is -0.987. The van der Waals surface area contributed by atoms with Gasteiger partial charge >= 0.3 is 6.18 Å². The van der Waals surface area contributed by atoms with Crippen LogP contribution < -0.4 is 0 Å². The van der Waals surface area contributed by atoms with Crippen LogP contribution in [0.15, 0.2) is 4.99 Å². The number of alkyl halides is 3. The van der Waals surface area contributed by atoms with E-state index < -0.39 is 17.8 Å². The molecule has 0 bridgehead atoms. The summed E-state index contributed by atoms with van der Waals surface area (Å²) < 4.78 is 48.2. The topological polar surface area (TPSA) is 28.1 Å². The van der Waals surface area contributed by atoms with Crippen LogP contribution in [0.25, 0.3) is 0 Å². The Kier molecular flexibility index (Phi) is 6.12. The molecule has 5 fully saturated rings. The number of rotatable bonds is 1.